The highest BCUT2D eigenvalue weighted by atomic mass is 16.5. The van der Waals surface area contributed by atoms with Crippen molar-refractivity contribution in [2.45, 2.75) is 26.4 Å². The lowest BCUT2D eigenvalue weighted by molar-refractivity contribution is -0.151. The molecule has 1 saturated heterocycles. The van der Waals surface area contributed by atoms with Gasteiger partial charge in [-0.1, -0.05) is 29.8 Å². The number of fused-ring (bicyclic) bond motifs is 1. The topological polar surface area (TPSA) is 94.5 Å². The summed E-state index contributed by atoms with van der Waals surface area (Å²) in [5, 5.41) is 8.04. The van der Waals surface area contributed by atoms with Gasteiger partial charge in [0.25, 0.3) is 11.9 Å². The van der Waals surface area contributed by atoms with Crippen molar-refractivity contribution in [2.75, 3.05) is 18.0 Å². The molecule has 8 heteroatoms. The van der Waals surface area contributed by atoms with E-state index in [2.05, 4.69) is 20.1 Å². The maximum atomic E-state index is 12.5. The van der Waals surface area contributed by atoms with Crippen LogP contribution < -0.4 is 4.90 Å². The Bertz CT molecular complexity index is 1170. The third kappa shape index (κ3) is 4.14. The molecule has 2 aromatic heterocycles. The van der Waals surface area contributed by atoms with Gasteiger partial charge in [0.1, 0.15) is 5.52 Å². The van der Waals surface area contributed by atoms with Crippen LogP contribution in [0.5, 0.6) is 0 Å². The minimum absolute atomic E-state index is 0.0248. The van der Waals surface area contributed by atoms with E-state index in [0.29, 0.717) is 37.8 Å². The molecular formula is C23H22N4O4. The standard InChI is InChI=1S/C23H22N4O4/c1-15-5-4-6-17(13-15)21-26-25-20(31-21)14-29-22(28)16-9-11-27(12-10-16)23-24-18-7-2-3-8-19(18)30-23/h2-8,13,16H,9-12,14H2,1H3. The molecule has 158 valence electrons. The van der Waals surface area contributed by atoms with E-state index in [1.54, 1.807) is 0 Å². The molecule has 0 atom stereocenters. The van der Waals surface area contributed by atoms with Crippen LogP contribution in [0.15, 0.2) is 57.4 Å². The summed E-state index contributed by atoms with van der Waals surface area (Å²) in [6.07, 6.45) is 1.35. The van der Waals surface area contributed by atoms with Gasteiger partial charge in [-0.3, -0.25) is 4.79 Å². The number of aryl methyl sites for hydroxylation is 1. The fourth-order valence-corrected chi connectivity index (χ4v) is 3.76. The van der Waals surface area contributed by atoms with Crippen LogP contribution >= 0.6 is 0 Å². The van der Waals surface area contributed by atoms with Crippen molar-refractivity contribution in [1.29, 1.82) is 0 Å². The van der Waals surface area contributed by atoms with Crippen LogP contribution in [0.2, 0.25) is 0 Å². The van der Waals surface area contributed by atoms with E-state index >= 15 is 0 Å². The molecule has 0 bridgehead atoms. The number of rotatable bonds is 5. The van der Waals surface area contributed by atoms with Crippen LogP contribution in [0.25, 0.3) is 22.6 Å². The Morgan fingerprint density at radius 1 is 1.10 bits per heavy atom. The van der Waals surface area contributed by atoms with Gasteiger partial charge in [-0.05, 0) is 44.0 Å². The number of esters is 1. The predicted molar refractivity (Wildman–Crippen MR) is 113 cm³/mol. The molecule has 31 heavy (non-hydrogen) atoms. The predicted octanol–water partition coefficient (Wildman–Crippen LogP) is 4.15. The Balaban J connectivity index is 1.14. The number of ether oxygens (including phenoxy) is 1. The first kappa shape index (κ1) is 19.3. The summed E-state index contributed by atoms with van der Waals surface area (Å²) < 4.78 is 16.9. The van der Waals surface area contributed by atoms with Gasteiger partial charge in [0, 0.05) is 18.7 Å². The van der Waals surface area contributed by atoms with Gasteiger partial charge in [-0.2, -0.15) is 4.98 Å². The molecule has 3 heterocycles. The van der Waals surface area contributed by atoms with E-state index in [-0.39, 0.29) is 24.4 Å². The van der Waals surface area contributed by atoms with Gasteiger partial charge in [0.2, 0.25) is 5.89 Å². The number of benzene rings is 2. The Hall–Kier alpha value is -3.68. The van der Waals surface area contributed by atoms with Gasteiger partial charge >= 0.3 is 5.97 Å². The third-order valence-electron chi connectivity index (χ3n) is 5.45. The van der Waals surface area contributed by atoms with E-state index in [9.17, 15) is 4.79 Å². The molecule has 0 amide bonds. The van der Waals surface area contributed by atoms with Crippen LogP contribution in [0, 0.1) is 12.8 Å². The Kier molecular flexibility index (Phi) is 5.11. The van der Waals surface area contributed by atoms with E-state index in [0.717, 1.165) is 22.2 Å². The highest BCUT2D eigenvalue weighted by Gasteiger charge is 2.28. The fourth-order valence-electron chi connectivity index (χ4n) is 3.76. The van der Waals surface area contributed by atoms with Crippen molar-refractivity contribution >= 4 is 23.1 Å². The summed E-state index contributed by atoms with van der Waals surface area (Å²) in [5.74, 6) is 0.294. The molecule has 5 rings (SSSR count). The number of hydrogen-bond acceptors (Lipinski definition) is 8. The molecule has 1 aliphatic heterocycles. The monoisotopic (exact) mass is 418 g/mol. The van der Waals surface area contributed by atoms with E-state index in [1.807, 2.05) is 55.5 Å². The van der Waals surface area contributed by atoms with E-state index in [4.69, 9.17) is 13.6 Å². The van der Waals surface area contributed by atoms with Gasteiger partial charge in [-0.25, -0.2) is 0 Å². The van der Waals surface area contributed by atoms with Gasteiger partial charge in [-0.15, -0.1) is 10.2 Å². The summed E-state index contributed by atoms with van der Waals surface area (Å²) in [7, 11) is 0. The van der Waals surface area contributed by atoms with Crippen molar-refractivity contribution in [3.63, 3.8) is 0 Å². The second-order valence-electron chi connectivity index (χ2n) is 7.70. The maximum Gasteiger partial charge on any atom is 0.309 e. The zero-order valence-electron chi connectivity index (χ0n) is 17.2. The van der Waals surface area contributed by atoms with Gasteiger partial charge < -0.3 is 18.5 Å². The van der Waals surface area contributed by atoms with Crippen molar-refractivity contribution < 1.29 is 18.4 Å². The lowest BCUT2D eigenvalue weighted by atomic mass is 9.97. The first-order valence-corrected chi connectivity index (χ1v) is 10.3. The van der Waals surface area contributed by atoms with Crippen molar-refractivity contribution in [1.82, 2.24) is 15.2 Å². The van der Waals surface area contributed by atoms with Crippen molar-refractivity contribution in [3.05, 3.63) is 60.0 Å². The normalized spacial score (nSPS) is 14.8. The maximum absolute atomic E-state index is 12.5. The quantitative estimate of drug-likeness (QED) is 0.446. The SMILES string of the molecule is Cc1cccc(-c2nnc(COC(=O)C3CCN(c4nc5ccccc5o4)CC3)o2)c1. The van der Waals surface area contributed by atoms with Crippen LogP contribution in [-0.2, 0) is 16.1 Å². The molecule has 0 unspecified atom stereocenters. The zero-order chi connectivity index (χ0) is 21.2. The van der Waals surface area contributed by atoms with Crippen LogP contribution in [0.4, 0.5) is 6.01 Å². The second kappa shape index (κ2) is 8.22. The minimum Gasteiger partial charge on any atom is -0.455 e. The Morgan fingerprint density at radius 2 is 1.94 bits per heavy atom. The number of hydrogen-bond donors (Lipinski definition) is 0. The molecule has 1 aliphatic rings. The summed E-state index contributed by atoms with van der Waals surface area (Å²) in [6, 6.07) is 16.1. The summed E-state index contributed by atoms with van der Waals surface area (Å²) in [6.45, 7) is 3.34. The number of aromatic nitrogens is 3. The lowest BCUT2D eigenvalue weighted by Crippen LogP contribution is -2.37. The van der Waals surface area contributed by atoms with Crippen molar-refractivity contribution in [3.8, 4) is 11.5 Å². The van der Waals surface area contributed by atoms with Crippen LogP contribution in [-0.4, -0.2) is 34.2 Å². The van der Waals surface area contributed by atoms with Crippen molar-refractivity contribution in [2.24, 2.45) is 5.92 Å². The molecule has 2 aromatic carbocycles. The summed E-state index contributed by atoms with van der Waals surface area (Å²) >= 11 is 0. The third-order valence-corrected chi connectivity index (χ3v) is 5.45. The number of nitrogens with zero attached hydrogens (tertiary/aromatic N) is 4. The smallest absolute Gasteiger partial charge is 0.309 e. The van der Waals surface area contributed by atoms with Gasteiger partial charge in [0.15, 0.2) is 12.2 Å². The Morgan fingerprint density at radius 3 is 2.74 bits per heavy atom. The van der Waals surface area contributed by atoms with Gasteiger partial charge in [0.05, 0.1) is 5.92 Å². The molecule has 8 nitrogen and oxygen atoms in total. The van der Waals surface area contributed by atoms with E-state index < -0.39 is 0 Å². The minimum atomic E-state index is -0.243. The Labute approximate surface area is 178 Å². The highest BCUT2D eigenvalue weighted by Crippen LogP contribution is 2.27. The fraction of sp³-hybridized carbons (Fsp3) is 0.304. The number of para-hydroxylation sites is 2. The molecule has 0 spiro atoms. The first-order valence-electron chi connectivity index (χ1n) is 10.3. The van der Waals surface area contributed by atoms with E-state index in [1.165, 1.54) is 0 Å². The number of carbonyl (C=O) groups is 1. The molecule has 0 radical (unpaired) electrons. The molecule has 0 aliphatic carbocycles. The molecule has 0 N–H and O–H groups in total. The average Bonchev–Trinajstić information content (AvgIpc) is 3.45. The average molecular weight is 418 g/mol. The second-order valence-corrected chi connectivity index (χ2v) is 7.70. The highest BCUT2D eigenvalue weighted by molar-refractivity contribution is 5.75. The number of piperidine rings is 1. The zero-order valence-corrected chi connectivity index (χ0v) is 17.2. The molecule has 0 saturated carbocycles. The molecular weight excluding hydrogens is 396 g/mol. The number of carbonyl (C=O) groups excluding carboxylic acids is 1. The van der Waals surface area contributed by atoms with Crippen LogP contribution in [0.3, 0.4) is 0 Å². The number of oxazole rings is 1. The molecule has 1 fully saturated rings. The van der Waals surface area contributed by atoms with Crippen LogP contribution in [0.1, 0.15) is 24.3 Å². The molecule has 4 aromatic rings. The summed E-state index contributed by atoms with van der Waals surface area (Å²) in [4.78, 5) is 19.1. The first-order chi connectivity index (χ1) is 15.2. The largest absolute Gasteiger partial charge is 0.455 e. The summed E-state index contributed by atoms with van der Waals surface area (Å²) in [5.41, 5.74) is 3.55. The number of anilines is 1. The lowest BCUT2D eigenvalue weighted by Gasteiger charge is -2.29.